The van der Waals surface area contributed by atoms with Crippen LogP contribution in [-0.4, -0.2) is 28.6 Å². The van der Waals surface area contributed by atoms with Gasteiger partial charge in [0.15, 0.2) is 0 Å². The van der Waals surface area contributed by atoms with Gasteiger partial charge in [0.2, 0.25) is 0 Å². The third kappa shape index (κ3) is 5.35. The lowest BCUT2D eigenvalue weighted by Gasteiger charge is -2.23. The van der Waals surface area contributed by atoms with E-state index in [1.807, 2.05) is 19.1 Å². The fourth-order valence-electron chi connectivity index (χ4n) is 2.48. The van der Waals surface area contributed by atoms with E-state index in [-0.39, 0.29) is 11.6 Å². The van der Waals surface area contributed by atoms with Crippen LogP contribution in [-0.2, 0) is 13.1 Å². The van der Waals surface area contributed by atoms with Gasteiger partial charge in [-0.1, -0.05) is 31.2 Å². The summed E-state index contributed by atoms with van der Waals surface area (Å²) in [6, 6.07) is 15.5. The average Bonchev–Trinajstić information content (AvgIpc) is 2.66. The van der Waals surface area contributed by atoms with Crippen LogP contribution in [0.5, 0.6) is 0 Å². The van der Waals surface area contributed by atoms with Crippen LogP contribution in [0.1, 0.15) is 40.4 Å². The zero-order valence-electron chi connectivity index (χ0n) is 14.6. The topological polar surface area (TPSA) is 93.4 Å². The number of urea groups is 1. The molecule has 0 aliphatic carbocycles. The van der Waals surface area contributed by atoms with Gasteiger partial charge in [0.1, 0.15) is 0 Å². The molecule has 0 heterocycles. The van der Waals surface area contributed by atoms with Crippen molar-refractivity contribution in [3.63, 3.8) is 0 Å². The smallest absolute Gasteiger partial charge is 0.335 e. The van der Waals surface area contributed by atoms with E-state index in [1.165, 1.54) is 12.1 Å². The van der Waals surface area contributed by atoms with Crippen LogP contribution >= 0.6 is 0 Å². The predicted molar refractivity (Wildman–Crippen MR) is 97.5 cm³/mol. The van der Waals surface area contributed by atoms with Crippen molar-refractivity contribution in [3.05, 3.63) is 70.8 Å². The van der Waals surface area contributed by atoms with E-state index in [9.17, 15) is 9.59 Å². The van der Waals surface area contributed by atoms with Gasteiger partial charge in [0.25, 0.3) is 0 Å². The van der Waals surface area contributed by atoms with Gasteiger partial charge in [0, 0.05) is 19.6 Å². The van der Waals surface area contributed by atoms with Crippen molar-refractivity contribution in [3.8, 4) is 6.07 Å². The number of nitrogens with zero attached hydrogens (tertiary/aromatic N) is 2. The minimum atomic E-state index is -0.975. The molecule has 0 atom stereocenters. The maximum absolute atomic E-state index is 12.5. The number of nitrogens with one attached hydrogen (secondary N) is 1. The van der Waals surface area contributed by atoms with E-state index in [2.05, 4.69) is 11.4 Å². The van der Waals surface area contributed by atoms with Crippen LogP contribution in [0.15, 0.2) is 48.5 Å². The first-order valence-electron chi connectivity index (χ1n) is 8.37. The summed E-state index contributed by atoms with van der Waals surface area (Å²) >= 11 is 0. The molecule has 134 valence electrons. The van der Waals surface area contributed by atoms with E-state index >= 15 is 0 Å². The highest BCUT2D eigenvalue weighted by atomic mass is 16.4. The summed E-state index contributed by atoms with van der Waals surface area (Å²) in [5.74, 6) is -0.975. The lowest BCUT2D eigenvalue weighted by Crippen LogP contribution is -2.39. The fraction of sp³-hybridized carbons (Fsp3) is 0.250. The molecule has 2 aromatic carbocycles. The van der Waals surface area contributed by atoms with E-state index in [0.717, 1.165) is 17.5 Å². The van der Waals surface area contributed by atoms with Gasteiger partial charge < -0.3 is 15.3 Å². The highest BCUT2D eigenvalue weighted by Gasteiger charge is 2.13. The second-order valence-electron chi connectivity index (χ2n) is 5.89. The Kier molecular flexibility index (Phi) is 6.75. The third-order valence-electron chi connectivity index (χ3n) is 3.88. The van der Waals surface area contributed by atoms with E-state index in [4.69, 9.17) is 10.4 Å². The van der Waals surface area contributed by atoms with Crippen molar-refractivity contribution in [1.29, 1.82) is 5.26 Å². The van der Waals surface area contributed by atoms with Crippen LogP contribution in [0.3, 0.4) is 0 Å². The largest absolute Gasteiger partial charge is 0.478 e. The Balaban J connectivity index is 1.96. The molecular formula is C20H21N3O3. The Hall–Kier alpha value is -3.33. The van der Waals surface area contributed by atoms with Gasteiger partial charge in [-0.2, -0.15) is 5.26 Å². The lowest BCUT2D eigenvalue weighted by molar-refractivity contribution is 0.0697. The molecule has 0 saturated carbocycles. The Morgan fingerprint density at radius 1 is 1.08 bits per heavy atom. The Labute approximate surface area is 152 Å². The van der Waals surface area contributed by atoms with Crippen LogP contribution in [0.2, 0.25) is 0 Å². The maximum atomic E-state index is 12.5. The molecule has 2 aromatic rings. The SMILES string of the molecule is CCCN(Cc1ccc(C#N)cc1)C(=O)NCc1ccc(C(=O)O)cc1. The molecule has 6 nitrogen and oxygen atoms in total. The first-order valence-corrected chi connectivity index (χ1v) is 8.37. The molecule has 0 bridgehead atoms. The van der Waals surface area contributed by atoms with Crippen molar-refractivity contribution in [1.82, 2.24) is 10.2 Å². The maximum Gasteiger partial charge on any atom is 0.335 e. The van der Waals surface area contributed by atoms with Crippen molar-refractivity contribution >= 4 is 12.0 Å². The molecule has 0 aliphatic rings. The standard InChI is InChI=1S/C20H21N3O3/c1-2-11-23(14-17-5-3-15(12-21)4-6-17)20(26)22-13-16-7-9-18(10-8-16)19(24)25/h3-10H,2,11,13-14H2,1H3,(H,22,26)(H,24,25). The normalized spacial score (nSPS) is 10.0. The summed E-state index contributed by atoms with van der Waals surface area (Å²) in [4.78, 5) is 25.1. The molecule has 0 aromatic heterocycles. The first-order chi connectivity index (χ1) is 12.5. The van der Waals surface area contributed by atoms with Gasteiger partial charge in [-0.15, -0.1) is 0 Å². The van der Waals surface area contributed by atoms with Crippen LogP contribution in [0, 0.1) is 11.3 Å². The molecule has 2 N–H and O–H groups in total. The molecule has 2 amide bonds. The quantitative estimate of drug-likeness (QED) is 0.800. The second kappa shape index (κ2) is 9.23. The van der Waals surface area contributed by atoms with Crippen LogP contribution in [0.4, 0.5) is 4.79 Å². The number of aromatic carboxylic acids is 1. The number of carboxylic acids is 1. The van der Waals surface area contributed by atoms with Crippen molar-refractivity contribution in [2.24, 2.45) is 0 Å². The zero-order chi connectivity index (χ0) is 18.9. The molecule has 26 heavy (non-hydrogen) atoms. The number of carbonyl (C=O) groups is 2. The fourth-order valence-corrected chi connectivity index (χ4v) is 2.48. The summed E-state index contributed by atoms with van der Waals surface area (Å²) in [5.41, 5.74) is 2.59. The number of hydrogen-bond acceptors (Lipinski definition) is 3. The number of nitriles is 1. The number of benzene rings is 2. The average molecular weight is 351 g/mol. The molecule has 0 unspecified atom stereocenters. The molecule has 0 saturated heterocycles. The predicted octanol–water partition coefficient (Wildman–Crippen LogP) is 3.38. The first kappa shape index (κ1) is 19.0. The molecule has 0 aliphatic heterocycles. The Morgan fingerprint density at radius 3 is 2.23 bits per heavy atom. The number of amides is 2. The zero-order valence-corrected chi connectivity index (χ0v) is 14.6. The molecule has 0 radical (unpaired) electrons. The van der Waals surface area contributed by atoms with Crippen molar-refractivity contribution in [2.75, 3.05) is 6.54 Å². The van der Waals surface area contributed by atoms with Crippen LogP contribution < -0.4 is 5.32 Å². The summed E-state index contributed by atoms with van der Waals surface area (Å²) in [6.45, 7) is 3.41. The highest BCUT2D eigenvalue weighted by Crippen LogP contribution is 2.09. The number of carbonyl (C=O) groups excluding carboxylic acids is 1. The number of rotatable bonds is 7. The third-order valence-corrected chi connectivity index (χ3v) is 3.88. The minimum absolute atomic E-state index is 0.182. The second-order valence-corrected chi connectivity index (χ2v) is 5.89. The minimum Gasteiger partial charge on any atom is -0.478 e. The van der Waals surface area contributed by atoms with Gasteiger partial charge in [-0.3, -0.25) is 0 Å². The van der Waals surface area contributed by atoms with Crippen molar-refractivity contribution in [2.45, 2.75) is 26.4 Å². The number of carboxylic acid groups (broad SMARTS) is 1. The number of hydrogen-bond donors (Lipinski definition) is 2. The Bertz CT molecular complexity index is 793. The van der Waals surface area contributed by atoms with Gasteiger partial charge >= 0.3 is 12.0 Å². The molecule has 6 heteroatoms. The summed E-state index contributed by atoms with van der Waals surface area (Å²) in [5, 5.41) is 20.6. The summed E-state index contributed by atoms with van der Waals surface area (Å²) in [6.07, 6.45) is 0.830. The van der Waals surface area contributed by atoms with Crippen molar-refractivity contribution < 1.29 is 14.7 Å². The van der Waals surface area contributed by atoms with E-state index in [0.29, 0.717) is 25.2 Å². The summed E-state index contributed by atoms with van der Waals surface area (Å²) < 4.78 is 0. The van der Waals surface area contributed by atoms with E-state index in [1.54, 1.807) is 29.2 Å². The van der Waals surface area contributed by atoms with E-state index < -0.39 is 5.97 Å². The monoisotopic (exact) mass is 351 g/mol. The highest BCUT2D eigenvalue weighted by molar-refractivity contribution is 5.87. The molecule has 0 spiro atoms. The van der Waals surface area contributed by atoms with Gasteiger partial charge in [-0.05, 0) is 41.8 Å². The van der Waals surface area contributed by atoms with Crippen LogP contribution in [0.25, 0.3) is 0 Å². The van der Waals surface area contributed by atoms with Gasteiger partial charge in [0.05, 0.1) is 17.2 Å². The molecule has 2 rings (SSSR count). The van der Waals surface area contributed by atoms with Gasteiger partial charge in [-0.25, -0.2) is 9.59 Å². The molecular weight excluding hydrogens is 330 g/mol. The lowest BCUT2D eigenvalue weighted by atomic mass is 10.1. The molecule has 0 fully saturated rings. The Morgan fingerprint density at radius 2 is 1.69 bits per heavy atom. The summed E-state index contributed by atoms with van der Waals surface area (Å²) in [7, 11) is 0.